The van der Waals surface area contributed by atoms with E-state index in [4.69, 9.17) is 33.8 Å². The minimum atomic E-state index is -5.50. The zero-order chi connectivity index (χ0) is 71.3. The first-order chi connectivity index (χ1) is 48.5. The molecular formula is C79H60F6N8O8. The zero-order valence-corrected chi connectivity index (χ0v) is 54.9. The summed E-state index contributed by atoms with van der Waals surface area (Å²) in [5.74, 6) is -2.22. The molecule has 13 aromatic rings. The molecule has 0 saturated carbocycles. The molecule has 1 aliphatic rings. The van der Waals surface area contributed by atoms with Crippen LogP contribution in [0.4, 0.5) is 32.0 Å². The Morgan fingerprint density at radius 1 is 0.475 bits per heavy atom. The molecular weight excluding hydrogens is 1300 g/mol. The van der Waals surface area contributed by atoms with E-state index in [1.165, 1.54) is 36.9 Å². The number of anilines is 1. The van der Waals surface area contributed by atoms with Crippen molar-refractivity contribution in [2.45, 2.75) is 45.5 Å². The summed E-state index contributed by atoms with van der Waals surface area (Å²) in [4.78, 5) is 71.1. The van der Waals surface area contributed by atoms with Crippen LogP contribution in [0.15, 0.2) is 229 Å². The molecule has 16 nitrogen and oxygen atoms in total. The minimum absolute atomic E-state index is 0.0113. The number of imide groups is 1. The third-order valence-electron chi connectivity index (χ3n) is 17.1. The van der Waals surface area contributed by atoms with Gasteiger partial charge in [-0.3, -0.25) is 9.59 Å². The highest BCUT2D eigenvalue weighted by Crippen LogP contribution is 2.52. The van der Waals surface area contributed by atoms with Crippen molar-refractivity contribution in [3.63, 3.8) is 0 Å². The maximum absolute atomic E-state index is 13.2. The molecule has 1 aliphatic heterocycles. The Hall–Kier alpha value is -12.3. The summed E-state index contributed by atoms with van der Waals surface area (Å²) in [5.41, 5.74) is 12.4. The lowest BCUT2D eigenvalue weighted by Crippen LogP contribution is -2.51. The number of alkyl halides is 6. The van der Waals surface area contributed by atoms with Gasteiger partial charge < -0.3 is 23.9 Å². The van der Waals surface area contributed by atoms with Crippen LogP contribution in [0.5, 0.6) is 0 Å². The lowest BCUT2D eigenvalue weighted by molar-refractivity contribution is -0.297. The lowest BCUT2D eigenvalue weighted by Gasteiger charge is -2.34. The number of aryl methyl sites for hydroxylation is 3. The second kappa shape index (κ2) is 28.6. The molecule has 0 atom stereocenters. The number of nitrogens with one attached hydrogen (secondary N) is 1. The van der Waals surface area contributed by atoms with Crippen molar-refractivity contribution < 1.29 is 64.1 Å². The average Bonchev–Trinajstić information content (AvgIpc) is 1.15. The van der Waals surface area contributed by atoms with Crippen molar-refractivity contribution in [1.29, 1.82) is 0 Å². The van der Waals surface area contributed by atoms with E-state index in [-0.39, 0.29) is 42.1 Å². The van der Waals surface area contributed by atoms with Gasteiger partial charge in [-0.25, -0.2) is 34.4 Å². The summed E-state index contributed by atoms with van der Waals surface area (Å²) >= 11 is 0. The van der Waals surface area contributed by atoms with E-state index >= 15 is 0 Å². The van der Waals surface area contributed by atoms with Gasteiger partial charge in [-0.2, -0.15) is 26.3 Å². The highest BCUT2D eigenvalue weighted by Gasteiger charge is 2.68. The number of nitrogens with zero attached hydrogens (tertiary/aromatic N) is 7. The number of methoxy groups -OCH3 is 2. The smallest absolute Gasteiger partial charge is 0.406 e. The number of hydrogen-bond donors (Lipinski definition) is 1. The lowest BCUT2D eigenvalue weighted by atomic mass is 9.80. The maximum atomic E-state index is 13.2. The van der Waals surface area contributed by atoms with Crippen LogP contribution in [0.1, 0.15) is 70.7 Å². The topological polar surface area (TPSA) is 202 Å². The van der Waals surface area contributed by atoms with Crippen LogP contribution in [0.25, 0.3) is 101 Å². The van der Waals surface area contributed by atoms with E-state index in [1.807, 2.05) is 74.5 Å². The fourth-order valence-corrected chi connectivity index (χ4v) is 11.4. The van der Waals surface area contributed by atoms with Gasteiger partial charge in [-0.15, -0.1) is 10.2 Å². The molecule has 0 unspecified atom stereocenters. The Labute approximate surface area is 574 Å². The monoisotopic (exact) mass is 1360 g/mol. The van der Waals surface area contributed by atoms with Gasteiger partial charge in [-0.1, -0.05) is 145 Å². The van der Waals surface area contributed by atoms with E-state index in [0.29, 0.717) is 27.5 Å². The van der Waals surface area contributed by atoms with Crippen molar-refractivity contribution in [3.8, 4) is 67.8 Å². The van der Waals surface area contributed by atoms with Crippen LogP contribution in [0, 0.1) is 20.8 Å². The molecule has 22 heteroatoms. The van der Waals surface area contributed by atoms with Gasteiger partial charge in [0, 0.05) is 62.5 Å². The standard InChI is InChI=1S/C36H26N4.C24H20N2O7.C19H14F6N2O/c1-23-13-15-27(16-14-23)36-35(26-11-7-4-8-12-26)40-33-22-29(18-20-31(33)38-36)28-17-19-30-32(21-28)39-34(24(2)37-30)25-9-5-3-6-10-25;1-31-12-25-19-11-10-18-20-16(19)4-3-5-17(20)21(27)26(22(18)28)13-33-24(30)15-8-6-14(7-9-15)23(29)32-2;1-11-3-5-12(6-4-11)15-26-27-16(28-15)13-7-9-14(10-8-13)17(2,18(20,21)22)19(23,24)25/h3-22H,1-2H3;3-11,25H,12-13H2,1-2H3;3-10H,1-2H3. The van der Waals surface area contributed by atoms with E-state index in [1.54, 1.807) is 43.5 Å². The molecule has 0 radical (unpaired) electrons. The van der Waals surface area contributed by atoms with Crippen molar-refractivity contribution in [2.75, 3.05) is 33.0 Å². The second-order valence-corrected chi connectivity index (χ2v) is 23.7. The number of fused-ring (bicyclic) bond motifs is 2. The van der Waals surface area contributed by atoms with Gasteiger partial charge in [0.25, 0.3) is 11.8 Å². The quantitative estimate of drug-likeness (QED) is 0.0466. The fourth-order valence-electron chi connectivity index (χ4n) is 11.4. The van der Waals surface area contributed by atoms with Crippen LogP contribution in [0.3, 0.4) is 0 Å². The molecule has 14 rings (SSSR count). The third kappa shape index (κ3) is 14.2. The molecule has 3 aromatic heterocycles. The number of esters is 2. The number of rotatable bonds is 14. The maximum Gasteiger partial charge on any atom is 0.406 e. The van der Waals surface area contributed by atoms with Crippen LogP contribution in [0.2, 0.25) is 0 Å². The number of amides is 2. The molecule has 4 heterocycles. The van der Waals surface area contributed by atoms with E-state index in [9.17, 15) is 45.5 Å². The Morgan fingerprint density at radius 3 is 1.46 bits per heavy atom. The Balaban J connectivity index is 0.000000146. The number of benzene rings is 10. The predicted octanol–water partition coefficient (Wildman–Crippen LogP) is 18.0. The van der Waals surface area contributed by atoms with Crippen LogP contribution < -0.4 is 5.32 Å². The van der Waals surface area contributed by atoms with Gasteiger partial charge >= 0.3 is 24.3 Å². The summed E-state index contributed by atoms with van der Waals surface area (Å²) in [6.07, 6.45) is -11.0. The molecule has 0 spiro atoms. The van der Waals surface area contributed by atoms with E-state index in [2.05, 4.69) is 106 Å². The molecule has 0 fully saturated rings. The van der Waals surface area contributed by atoms with Crippen LogP contribution in [-0.4, -0.2) is 98.8 Å². The van der Waals surface area contributed by atoms with Crippen molar-refractivity contribution in [3.05, 3.63) is 269 Å². The van der Waals surface area contributed by atoms with Crippen LogP contribution in [-0.2, 0) is 19.6 Å². The van der Waals surface area contributed by atoms with Gasteiger partial charge in [0.15, 0.2) is 12.1 Å². The van der Waals surface area contributed by atoms with Gasteiger partial charge in [-0.05, 0) is 135 Å². The number of halogens is 6. The first kappa shape index (κ1) is 68.6. The second-order valence-electron chi connectivity index (χ2n) is 23.7. The minimum Gasteiger partial charge on any atom is -0.465 e. The van der Waals surface area contributed by atoms with Gasteiger partial charge in [0.05, 0.1) is 63.1 Å². The molecule has 1 N–H and O–H groups in total. The van der Waals surface area contributed by atoms with Crippen molar-refractivity contribution >= 4 is 62.3 Å². The van der Waals surface area contributed by atoms with Gasteiger partial charge in [0.1, 0.15) is 6.73 Å². The van der Waals surface area contributed by atoms with E-state index < -0.39 is 53.8 Å². The molecule has 0 saturated heterocycles. The normalized spacial score (nSPS) is 12.2. The molecule has 0 bridgehead atoms. The molecule has 506 valence electrons. The zero-order valence-electron chi connectivity index (χ0n) is 54.9. The highest BCUT2D eigenvalue weighted by atomic mass is 19.4. The summed E-state index contributed by atoms with van der Waals surface area (Å²) in [6, 6.07) is 66.6. The largest absolute Gasteiger partial charge is 0.465 e. The third-order valence-corrected chi connectivity index (χ3v) is 17.1. The SMILES string of the molecule is COCNc1ccc2c3c(cccc13)C(=O)N(COC(=O)c1ccc(C(=O)OC)cc1)C2=O.Cc1ccc(-c2nc3ccc(-c4ccc5nc(C)c(-c6ccccc6)nc5c4)cc3nc2-c2ccccc2)cc1.Cc1ccc(-c2nnc(-c3ccc(C(C)(C(F)(F)F)C(F)(F)F)cc3)o2)cc1. The summed E-state index contributed by atoms with van der Waals surface area (Å²) in [6.45, 7) is 5.85. The molecule has 10 aromatic carbocycles. The Bertz CT molecular complexity index is 5220. The predicted molar refractivity (Wildman–Crippen MR) is 371 cm³/mol. The summed E-state index contributed by atoms with van der Waals surface area (Å²) in [7, 11) is 2.81. The van der Waals surface area contributed by atoms with Crippen molar-refractivity contribution in [1.82, 2.24) is 35.0 Å². The average molecular weight is 1360 g/mol. The molecule has 0 aliphatic carbocycles. The number of ether oxygens (including phenoxy) is 3. The highest BCUT2D eigenvalue weighted by molar-refractivity contribution is 6.26. The summed E-state index contributed by atoms with van der Waals surface area (Å²) in [5, 5.41) is 12.0. The van der Waals surface area contributed by atoms with Gasteiger partial charge in [0.2, 0.25) is 11.8 Å². The fraction of sp³-hybridized carbons (Fsp3) is 0.139. The first-order valence-corrected chi connectivity index (χ1v) is 31.5. The number of aromatic nitrogens is 6. The number of carbonyl (C=O) groups is 4. The van der Waals surface area contributed by atoms with Crippen LogP contribution >= 0.6 is 0 Å². The Morgan fingerprint density at radius 2 is 0.931 bits per heavy atom. The molecule has 2 amide bonds. The molecule has 101 heavy (non-hydrogen) atoms. The van der Waals surface area contributed by atoms with E-state index in [0.717, 1.165) is 113 Å². The van der Waals surface area contributed by atoms with Crippen molar-refractivity contribution in [2.24, 2.45) is 0 Å². The number of hydrogen-bond acceptors (Lipinski definition) is 15. The first-order valence-electron chi connectivity index (χ1n) is 31.5. The Kier molecular flexibility index (Phi) is 19.5. The number of carbonyl (C=O) groups excluding carboxylic acids is 4. The summed E-state index contributed by atoms with van der Waals surface area (Å²) < 4.78 is 99.4.